The molecule has 6 nitrogen and oxygen atoms in total. The van der Waals surface area contributed by atoms with Crippen molar-refractivity contribution >= 4 is 28.1 Å². The molecule has 0 fully saturated rings. The minimum absolute atomic E-state index is 0.0810. The van der Waals surface area contributed by atoms with Gasteiger partial charge in [0.15, 0.2) is 10.8 Å². The van der Waals surface area contributed by atoms with E-state index in [0.29, 0.717) is 16.6 Å². The Kier molecular flexibility index (Phi) is 5.33. The van der Waals surface area contributed by atoms with Gasteiger partial charge in [0.1, 0.15) is 7.11 Å². The largest absolute Gasteiger partial charge is 0.402 e. The summed E-state index contributed by atoms with van der Waals surface area (Å²) in [6, 6.07) is 5.70. The van der Waals surface area contributed by atoms with Gasteiger partial charge < -0.3 is 15.3 Å². The highest BCUT2D eigenvalue weighted by Crippen LogP contribution is 2.22. The molecule has 0 aliphatic carbocycles. The van der Waals surface area contributed by atoms with E-state index >= 15 is 0 Å². The Morgan fingerprint density at radius 1 is 1.39 bits per heavy atom. The van der Waals surface area contributed by atoms with Crippen LogP contribution < -0.4 is 10.5 Å². The Hall–Kier alpha value is -2.41. The van der Waals surface area contributed by atoms with Crippen molar-refractivity contribution in [2.45, 2.75) is 26.7 Å². The number of rotatable bonds is 5. The van der Waals surface area contributed by atoms with Crippen molar-refractivity contribution < 1.29 is 14.4 Å². The van der Waals surface area contributed by atoms with Gasteiger partial charge in [-0.2, -0.15) is 4.98 Å². The van der Waals surface area contributed by atoms with Gasteiger partial charge >= 0.3 is 5.97 Å². The molecule has 2 N–H and O–H groups in total. The van der Waals surface area contributed by atoms with Crippen LogP contribution in [0.5, 0.6) is 5.88 Å². The van der Waals surface area contributed by atoms with E-state index in [0.717, 1.165) is 5.56 Å². The zero-order chi connectivity index (χ0) is 17.0. The Bertz CT molecular complexity index is 738. The summed E-state index contributed by atoms with van der Waals surface area (Å²) in [5, 5.41) is 5.69. The van der Waals surface area contributed by atoms with E-state index in [4.69, 9.17) is 15.3 Å². The molecule has 0 saturated heterocycles. The lowest BCUT2D eigenvalue weighted by molar-refractivity contribution is -0.127. The standard InChI is InChI=1S/C16H19N3O3S/c1-9(2)12-6-5-11(7-10(12)3)14(19-21-4)15(20)22-13-8-23-16(17)18-13/h5-9H,1-4H3,(H2,17,18). The minimum atomic E-state index is -0.645. The van der Waals surface area contributed by atoms with Crippen LogP contribution in [0.15, 0.2) is 28.7 Å². The highest BCUT2D eigenvalue weighted by molar-refractivity contribution is 7.13. The van der Waals surface area contributed by atoms with Gasteiger partial charge in [-0.15, -0.1) is 11.3 Å². The van der Waals surface area contributed by atoms with Crippen LogP contribution in [0.25, 0.3) is 0 Å². The van der Waals surface area contributed by atoms with Gasteiger partial charge in [-0.25, -0.2) is 4.79 Å². The zero-order valence-corrected chi connectivity index (χ0v) is 14.3. The zero-order valence-electron chi connectivity index (χ0n) is 13.5. The molecule has 0 bridgehead atoms. The first-order valence-electron chi connectivity index (χ1n) is 7.07. The molecule has 1 aromatic heterocycles. The number of carbonyl (C=O) groups is 1. The number of hydrogen-bond donors (Lipinski definition) is 1. The summed E-state index contributed by atoms with van der Waals surface area (Å²) in [5.74, 6) is -0.0949. The van der Waals surface area contributed by atoms with Crippen molar-refractivity contribution in [3.8, 4) is 5.88 Å². The molecule has 2 aromatic rings. The summed E-state index contributed by atoms with van der Waals surface area (Å²) in [4.78, 5) is 21.0. The van der Waals surface area contributed by atoms with Crippen molar-refractivity contribution in [3.63, 3.8) is 0 Å². The third kappa shape index (κ3) is 4.07. The van der Waals surface area contributed by atoms with Crippen molar-refractivity contribution in [3.05, 3.63) is 40.3 Å². The number of aryl methyl sites for hydroxylation is 1. The number of anilines is 1. The normalized spacial score (nSPS) is 11.6. The number of benzene rings is 1. The summed E-state index contributed by atoms with van der Waals surface area (Å²) in [7, 11) is 1.38. The van der Waals surface area contributed by atoms with Crippen molar-refractivity contribution in [1.82, 2.24) is 4.98 Å². The van der Waals surface area contributed by atoms with Gasteiger partial charge in [-0.3, -0.25) is 0 Å². The third-order valence-electron chi connectivity index (χ3n) is 3.24. The number of nitrogens with zero attached hydrogens (tertiary/aromatic N) is 2. The number of carbonyl (C=O) groups excluding carboxylic acids is 1. The van der Waals surface area contributed by atoms with Gasteiger partial charge in [0.25, 0.3) is 0 Å². The van der Waals surface area contributed by atoms with E-state index in [9.17, 15) is 4.79 Å². The smallest absolute Gasteiger partial charge is 0.367 e. The summed E-state index contributed by atoms with van der Waals surface area (Å²) in [5.41, 5.74) is 8.52. The van der Waals surface area contributed by atoms with Crippen LogP contribution in [0.2, 0.25) is 0 Å². The molecule has 2 rings (SSSR count). The number of ether oxygens (including phenoxy) is 1. The van der Waals surface area contributed by atoms with Crippen LogP contribution >= 0.6 is 11.3 Å². The molecular weight excluding hydrogens is 314 g/mol. The molecule has 0 radical (unpaired) electrons. The van der Waals surface area contributed by atoms with E-state index in [1.165, 1.54) is 24.0 Å². The van der Waals surface area contributed by atoms with Crippen LogP contribution in [0, 0.1) is 6.92 Å². The lowest BCUT2D eigenvalue weighted by Crippen LogP contribution is -2.22. The second kappa shape index (κ2) is 7.23. The Labute approximate surface area is 138 Å². The fraction of sp³-hybridized carbons (Fsp3) is 0.312. The first kappa shape index (κ1) is 17.0. The molecule has 23 heavy (non-hydrogen) atoms. The van der Waals surface area contributed by atoms with E-state index < -0.39 is 5.97 Å². The van der Waals surface area contributed by atoms with E-state index in [2.05, 4.69) is 24.0 Å². The highest BCUT2D eigenvalue weighted by atomic mass is 32.1. The average molecular weight is 333 g/mol. The summed E-state index contributed by atoms with van der Waals surface area (Å²) in [6.45, 7) is 6.23. The Morgan fingerprint density at radius 3 is 2.65 bits per heavy atom. The number of nitrogens with two attached hydrogens (primary N) is 1. The second-order valence-corrected chi connectivity index (χ2v) is 6.15. The van der Waals surface area contributed by atoms with Crippen LogP contribution in [0.3, 0.4) is 0 Å². The number of oxime groups is 1. The molecular formula is C16H19N3O3S. The first-order chi connectivity index (χ1) is 10.9. The van der Waals surface area contributed by atoms with Gasteiger partial charge in [-0.1, -0.05) is 31.1 Å². The molecule has 7 heteroatoms. The monoisotopic (exact) mass is 333 g/mol. The lowest BCUT2D eigenvalue weighted by atomic mass is 9.95. The van der Waals surface area contributed by atoms with Crippen LogP contribution in [0.4, 0.5) is 5.13 Å². The number of hydrogen-bond acceptors (Lipinski definition) is 7. The van der Waals surface area contributed by atoms with Crippen LogP contribution in [0.1, 0.15) is 36.5 Å². The second-order valence-electron chi connectivity index (χ2n) is 5.26. The molecule has 122 valence electrons. The van der Waals surface area contributed by atoms with Crippen molar-refractivity contribution in [2.24, 2.45) is 5.16 Å². The summed E-state index contributed by atoms with van der Waals surface area (Å²) in [6.07, 6.45) is 0. The fourth-order valence-electron chi connectivity index (χ4n) is 2.23. The van der Waals surface area contributed by atoms with E-state index in [-0.39, 0.29) is 11.6 Å². The molecule has 0 aliphatic rings. The maximum Gasteiger partial charge on any atom is 0.367 e. The number of aromatic nitrogens is 1. The van der Waals surface area contributed by atoms with Gasteiger partial charge in [-0.05, 0) is 30.0 Å². The molecule has 0 amide bonds. The quantitative estimate of drug-likeness (QED) is 0.516. The van der Waals surface area contributed by atoms with Crippen molar-refractivity contribution in [2.75, 3.05) is 12.8 Å². The topological polar surface area (TPSA) is 86.8 Å². The third-order valence-corrected chi connectivity index (χ3v) is 3.89. The van der Waals surface area contributed by atoms with Crippen LogP contribution in [-0.2, 0) is 9.63 Å². The molecule has 1 aromatic carbocycles. The van der Waals surface area contributed by atoms with E-state index in [1.54, 1.807) is 5.38 Å². The minimum Gasteiger partial charge on any atom is -0.402 e. The summed E-state index contributed by atoms with van der Waals surface area (Å²) < 4.78 is 5.19. The number of esters is 1. The van der Waals surface area contributed by atoms with Crippen LogP contribution in [-0.4, -0.2) is 23.8 Å². The average Bonchev–Trinajstić information content (AvgIpc) is 2.89. The summed E-state index contributed by atoms with van der Waals surface area (Å²) >= 11 is 1.19. The first-order valence-corrected chi connectivity index (χ1v) is 7.95. The Morgan fingerprint density at radius 2 is 2.13 bits per heavy atom. The molecule has 1 heterocycles. The maximum atomic E-state index is 12.3. The molecule has 0 unspecified atom stereocenters. The highest BCUT2D eigenvalue weighted by Gasteiger charge is 2.20. The molecule has 0 saturated carbocycles. The molecule has 0 spiro atoms. The Balaban J connectivity index is 2.29. The molecule has 0 aliphatic heterocycles. The van der Waals surface area contributed by atoms with E-state index in [1.807, 2.05) is 25.1 Å². The fourth-order valence-corrected chi connectivity index (χ4v) is 2.70. The van der Waals surface area contributed by atoms with Crippen molar-refractivity contribution in [1.29, 1.82) is 0 Å². The lowest BCUT2D eigenvalue weighted by Gasteiger charge is -2.12. The predicted octanol–water partition coefficient (Wildman–Crippen LogP) is 3.11. The number of nitrogen functional groups attached to an aromatic ring is 1. The van der Waals surface area contributed by atoms with Gasteiger partial charge in [0, 0.05) is 5.56 Å². The van der Waals surface area contributed by atoms with Gasteiger partial charge in [0.05, 0.1) is 5.38 Å². The predicted molar refractivity (Wildman–Crippen MR) is 91.0 cm³/mol. The maximum absolute atomic E-state index is 12.3. The SMILES string of the molecule is CON=C(C(=O)Oc1csc(N)n1)c1ccc(C(C)C)c(C)c1. The van der Waals surface area contributed by atoms with Gasteiger partial charge in [0.2, 0.25) is 5.88 Å². The number of thiazole rings is 1. The molecule has 0 atom stereocenters.